The number of nitro groups is 1. The Balaban J connectivity index is 1.97. The smallest absolute Gasteiger partial charge is 0.306 e. The van der Waals surface area contributed by atoms with Gasteiger partial charge in [0.05, 0.1) is 23.3 Å². The van der Waals surface area contributed by atoms with E-state index in [-0.39, 0.29) is 23.3 Å². The molecule has 0 fully saturated rings. The van der Waals surface area contributed by atoms with Crippen LogP contribution in [0, 0.1) is 15.9 Å². The van der Waals surface area contributed by atoms with Gasteiger partial charge >= 0.3 is 5.69 Å². The Labute approximate surface area is 160 Å². The Morgan fingerprint density at radius 3 is 2.62 bits per heavy atom. The number of nitrogens with zero attached hydrogens (tertiary/aromatic N) is 1. The molecule has 0 aliphatic heterocycles. The summed E-state index contributed by atoms with van der Waals surface area (Å²) >= 11 is 3.10. The summed E-state index contributed by atoms with van der Waals surface area (Å²) in [6, 6.07) is 11.1. The number of nitro benzene ring substituents is 1. The first-order valence-corrected chi connectivity index (χ1v) is 8.31. The van der Waals surface area contributed by atoms with Gasteiger partial charge in [0.25, 0.3) is 0 Å². The first kappa shape index (κ1) is 20.4. The van der Waals surface area contributed by atoms with Gasteiger partial charge in [0, 0.05) is 28.5 Å². The van der Waals surface area contributed by atoms with Crippen molar-refractivity contribution in [2.24, 2.45) is 0 Å². The quantitative estimate of drug-likeness (QED) is 0.391. The number of rotatable bonds is 8. The van der Waals surface area contributed by atoms with Gasteiger partial charge in [0.15, 0.2) is 0 Å². The lowest BCUT2D eigenvalue weighted by Gasteiger charge is -2.32. The summed E-state index contributed by atoms with van der Waals surface area (Å²) < 4.78 is 19.3. The van der Waals surface area contributed by atoms with E-state index in [0.717, 1.165) is 17.7 Å². The second kappa shape index (κ2) is 8.66. The maximum absolute atomic E-state index is 13.7. The second-order valence-electron chi connectivity index (χ2n) is 5.57. The van der Waals surface area contributed by atoms with Crippen LogP contribution in [-0.4, -0.2) is 43.8 Å². The highest BCUT2D eigenvalue weighted by molar-refractivity contribution is 9.10. The van der Waals surface area contributed by atoms with E-state index in [1.807, 2.05) is 30.3 Å². The van der Waals surface area contributed by atoms with Crippen LogP contribution >= 0.6 is 15.9 Å². The topological polar surface area (TPSA) is 84.6 Å². The van der Waals surface area contributed by atoms with E-state index >= 15 is 0 Å². The number of hydrogen-bond acceptors (Lipinski definition) is 5. The molecule has 2 aromatic carbocycles. The van der Waals surface area contributed by atoms with E-state index in [9.17, 15) is 19.6 Å². The fraction of sp³-hybridized carbons (Fsp3) is 0.250. The molecule has 2 rings (SSSR count). The van der Waals surface area contributed by atoms with Crippen LogP contribution in [0.25, 0.3) is 0 Å². The van der Waals surface area contributed by atoms with Gasteiger partial charge in [0.1, 0.15) is 15.7 Å². The molecule has 0 spiro atoms. The summed E-state index contributed by atoms with van der Waals surface area (Å²) in [5, 5.41) is 21.7. The van der Waals surface area contributed by atoms with E-state index in [1.54, 1.807) is 0 Å². The molecule has 1 atom stereocenters. The molecular formula is C16H14B2BrFN2O4. The van der Waals surface area contributed by atoms with Gasteiger partial charge in [-0.2, -0.15) is 4.39 Å². The number of aliphatic hydroxyl groups is 1. The van der Waals surface area contributed by atoms with Crippen LogP contribution in [0.5, 0.6) is 0 Å². The minimum absolute atomic E-state index is 0.0980. The van der Waals surface area contributed by atoms with Crippen LogP contribution in [0.1, 0.15) is 5.56 Å². The van der Waals surface area contributed by atoms with Crippen LogP contribution < -0.4 is 5.32 Å². The lowest BCUT2D eigenvalue weighted by Crippen LogP contribution is -2.49. The zero-order valence-corrected chi connectivity index (χ0v) is 15.1. The number of anilines is 1. The first-order chi connectivity index (χ1) is 12.2. The maximum Gasteiger partial charge on any atom is 0.306 e. The minimum atomic E-state index is -1.85. The summed E-state index contributed by atoms with van der Waals surface area (Å²) in [7, 11) is 11.6. The van der Waals surface area contributed by atoms with Crippen molar-refractivity contribution in [2.45, 2.75) is 18.1 Å². The molecule has 2 aromatic rings. The van der Waals surface area contributed by atoms with Gasteiger partial charge in [-0.25, -0.2) is 0 Å². The molecule has 0 saturated carbocycles. The van der Waals surface area contributed by atoms with E-state index < -0.39 is 27.9 Å². The molecule has 0 aliphatic rings. The number of nitrogens with one attached hydrogen (secondary N) is 1. The third kappa shape index (κ3) is 5.30. The van der Waals surface area contributed by atoms with Gasteiger partial charge in [-0.15, -0.1) is 0 Å². The molecule has 0 amide bonds. The highest BCUT2D eigenvalue weighted by Gasteiger charge is 2.28. The van der Waals surface area contributed by atoms with E-state index in [2.05, 4.69) is 21.2 Å². The molecular weight excluding hydrogens is 405 g/mol. The number of hydrogen-bond donors (Lipinski definition) is 2. The molecule has 0 aliphatic carbocycles. The second-order valence-corrected chi connectivity index (χ2v) is 6.42. The predicted octanol–water partition coefficient (Wildman–Crippen LogP) is 2.48. The van der Waals surface area contributed by atoms with Gasteiger partial charge < -0.3 is 15.2 Å². The molecule has 0 aromatic heterocycles. The Morgan fingerprint density at radius 1 is 1.35 bits per heavy atom. The van der Waals surface area contributed by atoms with Crippen LogP contribution in [0.3, 0.4) is 0 Å². The van der Waals surface area contributed by atoms with Crippen molar-refractivity contribution in [3.8, 4) is 0 Å². The van der Waals surface area contributed by atoms with Crippen molar-refractivity contribution >= 4 is 43.0 Å². The predicted molar refractivity (Wildman–Crippen MR) is 101 cm³/mol. The normalized spacial score (nSPS) is 12.6. The molecule has 6 nitrogen and oxygen atoms in total. The molecule has 0 saturated heterocycles. The molecule has 1 unspecified atom stereocenters. The summed E-state index contributed by atoms with van der Waals surface area (Å²) in [5.41, 5.74) is 0.361. The standard InChI is InChI=1S/C16H14B2BrFN2O4/c17-16(18,26-9-10-4-2-1-3-5-10)15(23)8-21-13-7-12(20)14(22(24)25)6-11(13)19/h1-7,15,21,23H,8-9H2. The largest absolute Gasteiger partial charge is 0.390 e. The average molecular weight is 419 g/mol. The van der Waals surface area contributed by atoms with Crippen LogP contribution in [0.2, 0.25) is 0 Å². The summed E-state index contributed by atoms with van der Waals surface area (Å²) in [4.78, 5) is 9.87. The zero-order chi connectivity index (χ0) is 19.3. The Morgan fingerprint density at radius 2 is 2.00 bits per heavy atom. The van der Waals surface area contributed by atoms with Gasteiger partial charge in [-0.1, -0.05) is 30.3 Å². The highest BCUT2D eigenvalue weighted by Crippen LogP contribution is 2.30. The molecule has 0 bridgehead atoms. The monoisotopic (exact) mass is 418 g/mol. The van der Waals surface area contributed by atoms with Gasteiger partial charge in [-0.05, 0) is 21.5 Å². The third-order valence-corrected chi connectivity index (χ3v) is 4.23. The molecule has 2 N–H and O–H groups in total. The fourth-order valence-electron chi connectivity index (χ4n) is 2.06. The van der Waals surface area contributed by atoms with Crippen molar-refractivity contribution in [1.82, 2.24) is 0 Å². The van der Waals surface area contributed by atoms with Gasteiger partial charge in [0.2, 0.25) is 5.82 Å². The Bertz CT molecular complexity index is 780. The van der Waals surface area contributed by atoms with Crippen LogP contribution in [0.4, 0.5) is 15.8 Å². The van der Waals surface area contributed by atoms with Crippen LogP contribution in [0.15, 0.2) is 46.9 Å². The molecule has 0 heterocycles. The number of halogens is 2. The molecule has 10 heteroatoms. The first-order valence-electron chi connectivity index (χ1n) is 7.51. The van der Waals surface area contributed by atoms with Crippen molar-refractivity contribution in [1.29, 1.82) is 0 Å². The van der Waals surface area contributed by atoms with Gasteiger partial charge in [-0.3, -0.25) is 10.1 Å². The summed E-state index contributed by atoms with van der Waals surface area (Å²) in [6.45, 7) is -0.0710. The summed E-state index contributed by atoms with van der Waals surface area (Å²) in [5.74, 6) is -1.01. The zero-order valence-electron chi connectivity index (χ0n) is 13.6. The van der Waals surface area contributed by atoms with Crippen molar-refractivity contribution in [2.75, 3.05) is 11.9 Å². The van der Waals surface area contributed by atoms with Crippen molar-refractivity contribution in [3.63, 3.8) is 0 Å². The lowest BCUT2D eigenvalue weighted by molar-refractivity contribution is -0.387. The van der Waals surface area contributed by atoms with E-state index in [4.69, 9.17) is 20.4 Å². The van der Waals surface area contributed by atoms with E-state index in [0.29, 0.717) is 0 Å². The molecule has 4 radical (unpaired) electrons. The molecule has 26 heavy (non-hydrogen) atoms. The van der Waals surface area contributed by atoms with Crippen LogP contribution in [-0.2, 0) is 11.3 Å². The lowest BCUT2D eigenvalue weighted by atomic mass is 9.61. The number of benzene rings is 2. The average Bonchev–Trinajstić information content (AvgIpc) is 2.60. The van der Waals surface area contributed by atoms with E-state index in [1.165, 1.54) is 0 Å². The fourth-order valence-corrected chi connectivity index (χ4v) is 2.53. The Hall–Kier alpha value is -1.90. The number of ether oxygens (including phenoxy) is 1. The highest BCUT2D eigenvalue weighted by atomic mass is 79.9. The van der Waals surface area contributed by atoms with Crippen molar-refractivity contribution < 1.29 is 19.2 Å². The minimum Gasteiger partial charge on any atom is -0.390 e. The maximum atomic E-state index is 13.7. The third-order valence-electron chi connectivity index (χ3n) is 3.57. The number of aliphatic hydroxyl groups excluding tert-OH is 1. The summed E-state index contributed by atoms with van der Waals surface area (Å²) in [6.07, 6.45) is -1.34. The Kier molecular flexibility index (Phi) is 6.80. The van der Waals surface area contributed by atoms with Crippen molar-refractivity contribution in [3.05, 3.63) is 68.4 Å². The SMILES string of the molecule is [B]C([B])(OCc1ccccc1)C(O)CNc1cc(F)c([N+](=O)[O-])cc1Br. The molecule has 132 valence electrons.